The minimum absolute atomic E-state index is 0.0883. The number of nitrogens with zero attached hydrogens (tertiary/aromatic N) is 2. The van der Waals surface area contributed by atoms with Crippen molar-refractivity contribution in [1.29, 1.82) is 0 Å². The molecule has 0 saturated carbocycles. The molecule has 2 unspecified atom stereocenters. The molecular weight excluding hydrogens is 539 g/mol. The normalized spacial score (nSPS) is 16.9. The second kappa shape index (κ2) is 11.2. The Morgan fingerprint density at radius 2 is 1.95 bits per heavy atom. The fraction of sp³-hybridized carbons (Fsp3) is 0.207. The highest BCUT2D eigenvalue weighted by atomic mass is 35.5. The number of aryl methyl sites for hydroxylation is 2. The molecule has 2 N–H and O–H groups in total. The van der Waals surface area contributed by atoms with Crippen LogP contribution in [0.15, 0.2) is 77.3 Å². The summed E-state index contributed by atoms with van der Waals surface area (Å²) in [5, 5.41) is 8.01. The number of benzene rings is 2. The maximum atomic E-state index is 12.9. The van der Waals surface area contributed by atoms with Crippen LogP contribution in [-0.2, 0) is 4.79 Å². The molecular formula is C29H26Cl2N4O2S. The number of aromatic nitrogens is 1. The monoisotopic (exact) mass is 564 g/mol. The highest BCUT2D eigenvalue weighted by Gasteiger charge is 2.41. The Hall–Kier alpha value is -3.39. The van der Waals surface area contributed by atoms with E-state index in [9.17, 15) is 4.79 Å². The van der Waals surface area contributed by atoms with Gasteiger partial charge in [-0.05, 0) is 85.7 Å². The third-order valence-corrected chi connectivity index (χ3v) is 7.46. The van der Waals surface area contributed by atoms with E-state index in [1.807, 2.05) is 73.3 Å². The number of hydrogen-bond acceptors (Lipinski definition) is 4. The third kappa shape index (κ3) is 5.55. The fourth-order valence-corrected chi connectivity index (χ4v) is 5.44. The molecule has 4 aromatic rings. The molecule has 5 rings (SSSR count). The molecule has 1 aliphatic rings. The van der Waals surface area contributed by atoms with Crippen molar-refractivity contribution in [3.8, 4) is 11.3 Å². The van der Waals surface area contributed by atoms with E-state index in [1.54, 1.807) is 18.3 Å². The van der Waals surface area contributed by atoms with Gasteiger partial charge in [0.25, 0.3) is 0 Å². The topological polar surface area (TPSA) is 70.4 Å². The molecule has 3 heterocycles. The van der Waals surface area contributed by atoms with Crippen LogP contribution < -0.4 is 10.6 Å². The number of furan rings is 1. The van der Waals surface area contributed by atoms with Gasteiger partial charge in [-0.3, -0.25) is 9.78 Å². The number of hydrogen-bond donors (Lipinski definition) is 2. The Bertz CT molecular complexity index is 1490. The van der Waals surface area contributed by atoms with Crippen LogP contribution >= 0.6 is 35.4 Å². The standard InChI is InChI=1S/C29H26Cl2N4O2S/c1-17-6-7-18(2)23(15-17)33-26(36)12-14-35-28(27(34-29(35)38)22-5-3-4-13-32-22)25-11-10-24(37-25)20-9-8-19(30)16-21(20)31/h3-11,13,15-16,27-28H,12,14H2,1-2H3,(H,33,36)(H,34,38). The molecule has 1 aliphatic heterocycles. The molecule has 1 amide bonds. The molecule has 6 nitrogen and oxygen atoms in total. The second-order valence-corrected chi connectivity index (χ2v) is 10.5. The molecule has 0 spiro atoms. The first kappa shape index (κ1) is 26.2. The van der Waals surface area contributed by atoms with Crippen LogP contribution in [0.25, 0.3) is 11.3 Å². The predicted octanol–water partition coefficient (Wildman–Crippen LogP) is 7.27. The van der Waals surface area contributed by atoms with Gasteiger partial charge in [-0.25, -0.2) is 0 Å². The lowest BCUT2D eigenvalue weighted by molar-refractivity contribution is -0.116. The highest BCUT2D eigenvalue weighted by molar-refractivity contribution is 7.80. The Morgan fingerprint density at radius 1 is 1.11 bits per heavy atom. The van der Waals surface area contributed by atoms with Gasteiger partial charge in [0.2, 0.25) is 5.91 Å². The number of halogens is 2. The minimum Gasteiger partial charge on any atom is -0.459 e. The summed E-state index contributed by atoms with van der Waals surface area (Å²) < 4.78 is 6.34. The van der Waals surface area contributed by atoms with Crippen molar-refractivity contribution >= 4 is 52.1 Å². The number of carbonyl (C=O) groups excluding carboxylic acids is 1. The lowest BCUT2D eigenvalue weighted by Crippen LogP contribution is -2.32. The average Bonchev–Trinajstić information content (AvgIpc) is 3.50. The van der Waals surface area contributed by atoms with Crippen LogP contribution in [0.5, 0.6) is 0 Å². The molecule has 194 valence electrons. The van der Waals surface area contributed by atoms with Gasteiger partial charge in [-0.1, -0.05) is 41.4 Å². The highest BCUT2D eigenvalue weighted by Crippen LogP contribution is 2.41. The minimum atomic E-state index is -0.314. The van der Waals surface area contributed by atoms with Crippen molar-refractivity contribution in [2.75, 3.05) is 11.9 Å². The van der Waals surface area contributed by atoms with Crippen LogP contribution in [0.3, 0.4) is 0 Å². The van der Waals surface area contributed by atoms with E-state index in [2.05, 4.69) is 15.6 Å². The molecule has 0 bridgehead atoms. The van der Waals surface area contributed by atoms with Gasteiger partial charge in [0, 0.05) is 35.4 Å². The van der Waals surface area contributed by atoms with Crippen molar-refractivity contribution in [3.05, 3.63) is 106 Å². The second-order valence-electron chi connectivity index (χ2n) is 9.26. The summed E-state index contributed by atoms with van der Waals surface area (Å²) in [6.07, 6.45) is 2.00. The van der Waals surface area contributed by atoms with Crippen LogP contribution in [0.4, 0.5) is 5.69 Å². The van der Waals surface area contributed by atoms with E-state index in [4.69, 9.17) is 39.8 Å². The maximum Gasteiger partial charge on any atom is 0.226 e. The lowest BCUT2D eigenvalue weighted by Gasteiger charge is -2.26. The number of pyridine rings is 1. The van der Waals surface area contributed by atoms with Gasteiger partial charge >= 0.3 is 0 Å². The fourth-order valence-electron chi connectivity index (χ4n) is 4.61. The first-order valence-electron chi connectivity index (χ1n) is 12.2. The van der Waals surface area contributed by atoms with Crippen molar-refractivity contribution in [2.24, 2.45) is 0 Å². The summed E-state index contributed by atoms with van der Waals surface area (Å²) in [4.78, 5) is 19.5. The van der Waals surface area contributed by atoms with Crippen LogP contribution in [0, 0.1) is 13.8 Å². The Kier molecular flexibility index (Phi) is 7.70. The lowest BCUT2D eigenvalue weighted by atomic mass is 10.0. The predicted molar refractivity (Wildman–Crippen MR) is 155 cm³/mol. The molecule has 0 aliphatic carbocycles. The largest absolute Gasteiger partial charge is 0.459 e. The first-order valence-corrected chi connectivity index (χ1v) is 13.4. The van der Waals surface area contributed by atoms with E-state index in [0.717, 1.165) is 28.1 Å². The molecule has 38 heavy (non-hydrogen) atoms. The van der Waals surface area contributed by atoms with Gasteiger partial charge < -0.3 is 20.0 Å². The van der Waals surface area contributed by atoms with E-state index in [1.165, 1.54) is 0 Å². The van der Waals surface area contributed by atoms with Crippen molar-refractivity contribution in [1.82, 2.24) is 15.2 Å². The third-order valence-electron chi connectivity index (χ3n) is 6.56. The maximum absolute atomic E-state index is 12.9. The zero-order valence-corrected chi connectivity index (χ0v) is 23.2. The van der Waals surface area contributed by atoms with Gasteiger partial charge in [0.15, 0.2) is 5.11 Å². The summed E-state index contributed by atoms with van der Waals surface area (Å²) in [6.45, 7) is 4.37. The quantitative estimate of drug-likeness (QED) is 0.230. The number of nitrogens with one attached hydrogen (secondary N) is 2. The Morgan fingerprint density at radius 3 is 2.71 bits per heavy atom. The summed E-state index contributed by atoms with van der Waals surface area (Å²) in [5.74, 6) is 1.21. The molecule has 1 fully saturated rings. The van der Waals surface area contributed by atoms with Crippen molar-refractivity contribution in [3.63, 3.8) is 0 Å². The number of rotatable bonds is 7. The zero-order valence-electron chi connectivity index (χ0n) is 20.9. The Labute approximate surface area is 237 Å². The van der Waals surface area contributed by atoms with Gasteiger partial charge in [0.1, 0.15) is 17.6 Å². The average molecular weight is 566 g/mol. The number of anilines is 1. The summed E-state index contributed by atoms with van der Waals surface area (Å²) in [5.41, 5.74) is 4.48. The number of amides is 1. The molecule has 1 saturated heterocycles. The smallest absolute Gasteiger partial charge is 0.226 e. The molecule has 9 heteroatoms. The van der Waals surface area contributed by atoms with E-state index in [-0.39, 0.29) is 24.4 Å². The molecule has 2 atom stereocenters. The zero-order chi connectivity index (χ0) is 26.8. The summed E-state index contributed by atoms with van der Waals surface area (Å²) in [6, 6.07) is 20.3. The van der Waals surface area contributed by atoms with Gasteiger partial charge in [0.05, 0.1) is 16.8 Å². The van der Waals surface area contributed by atoms with Crippen molar-refractivity contribution in [2.45, 2.75) is 32.4 Å². The number of thiocarbonyl (C=S) groups is 1. The molecule has 2 aromatic carbocycles. The molecule has 2 aromatic heterocycles. The van der Waals surface area contributed by atoms with Gasteiger partial charge in [-0.15, -0.1) is 0 Å². The van der Waals surface area contributed by atoms with Crippen LogP contribution in [-0.4, -0.2) is 27.4 Å². The van der Waals surface area contributed by atoms with Gasteiger partial charge in [-0.2, -0.15) is 0 Å². The van der Waals surface area contributed by atoms with Crippen molar-refractivity contribution < 1.29 is 9.21 Å². The first-order chi connectivity index (χ1) is 18.3. The Balaban J connectivity index is 1.41. The van der Waals surface area contributed by atoms with E-state index >= 15 is 0 Å². The summed E-state index contributed by atoms with van der Waals surface area (Å²) >= 11 is 18.2. The number of carbonyl (C=O) groups is 1. The van der Waals surface area contributed by atoms with E-state index < -0.39 is 0 Å². The summed E-state index contributed by atoms with van der Waals surface area (Å²) in [7, 11) is 0. The van der Waals surface area contributed by atoms with E-state index in [0.29, 0.717) is 33.2 Å². The van der Waals surface area contributed by atoms with Crippen LogP contribution in [0.2, 0.25) is 10.0 Å². The molecule has 0 radical (unpaired) electrons. The van der Waals surface area contributed by atoms with Crippen LogP contribution in [0.1, 0.15) is 41.1 Å². The SMILES string of the molecule is Cc1ccc(C)c(NC(=O)CCN2C(=S)NC(c3ccccn3)C2c2ccc(-c3ccc(Cl)cc3Cl)o2)c1.